The Morgan fingerprint density at radius 1 is 0.846 bits per heavy atom. The molecule has 262 valence electrons. The topological polar surface area (TPSA) is 91.9 Å². The molecule has 2 aromatic heterocycles. The quantitative estimate of drug-likeness (QED) is 0.140. The van der Waals surface area contributed by atoms with Crippen molar-refractivity contribution in [2.75, 3.05) is 13.2 Å². The molecule has 9 heteroatoms. The largest absolute Gasteiger partial charge is 0.463 e. The van der Waals surface area contributed by atoms with Crippen molar-refractivity contribution < 1.29 is 19.1 Å². The van der Waals surface area contributed by atoms with Gasteiger partial charge in [-0.3, -0.25) is 9.36 Å². The van der Waals surface area contributed by atoms with E-state index in [9.17, 15) is 14.4 Å². The highest BCUT2D eigenvalue weighted by molar-refractivity contribution is 7.07. The molecule has 1 atom stereocenters. The smallest absolute Gasteiger partial charge is 0.338 e. The number of carbonyl (C=O) groups is 2. The summed E-state index contributed by atoms with van der Waals surface area (Å²) in [5, 5.41) is 0.995. The summed E-state index contributed by atoms with van der Waals surface area (Å²) in [7, 11) is 0. The Hall–Kier alpha value is -5.80. The first-order valence-electron chi connectivity index (χ1n) is 17.5. The third kappa shape index (κ3) is 6.67. The first-order valence-corrected chi connectivity index (χ1v) is 18.3. The van der Waals surface area contributed by atoms with Crippen molar-refractivity contribution in [3.63, 3.8) is 0 Å². The third-order valence-corrected chi connectivity index (χ3v) is 10.2. The maximum atomic E-state index is 14.6. The molecular formula is C43H39N3O5S. The second-order valence-electron chi connectivity index (χ2n) is 12.9. The van der Waals surface area contributed by atoms with E-state index < -0.39 is 12.0 Å². The van der Waals surface area contributed by atoms with Crippen molar-refractivity contribution in [3.8, 4) is 0 Å². The van der Waals surface area contributed by atoms with E-state index in [1.54, 1.807) is 30.5 Å². The van der Waals surface area contributed by atoms with Crippen LogP contribution in [0.25, 0.3) is 22.7 Å². The van der Waals surface area contributed by atoms with Crippen LogP contribution in [0.5, 0.6) is 0 Å². The first kappa shape index (κ1) is 34.6. The maximum absolute atomic E-state index is 14.6. The van der Waals surface area contributed by atoms with E-state index >= 15 is 0 Å². The lowest BCUT2D eigenvalue weighted by atomic mass is 9.91. The number of aromatic nitrogens is 2. The minimum Gasteiger partial charge on any atom is -0.463 e. The van der Waals surface area contributed by atoms with Crippen LogP contribution in [0.15, 0.2) is 125 Å². The van der Waals surface area contributed by atoms with Gasteiger partial charge in [0.05, 0.1) is 40.6 Å². The number of para-hydroxylation sites is 1. The summed E-state index contributed by atoms with van der Waals surface area (Å²) in [5.74, 6) is -0.526. The Morgan fingerprint density at radius 2 is 1.52 bits per heavy atom. The van der Waals surface area contributed by atoms with Gasteiger partial charge in [-0.15, -0.1) is 0 Å². The fourth-order valence-corrected chi connectivity index (χ4v) is 7.63. The fourth-order valence-electron chi connectivity index (χ4n) is 6.64. The lowest BCUT2D eigenvalue weighted by Gasteiger charge is -2.26. The number of nitrogens with zero attached hydrogens (tertiary/aromatic N) is 3. The summed E-state index contributed by atoms with van der Waals surface area (Å²) in [4.78, 5) is 46.1. The molecule has 7 rings (SSSR count). The van der Waals surface area contributed by atoms with Crippen molar-refractivity contribution in [2.45, 2.75) is 46.2 Å². The van der Waals surface area contributed by atoms with Crippen LogP contribution in [-0.4, -0.2) is 34.3 Å². The van der Waals surface area contributed by atoms with E-state index in [1.165, 1.54) is 11.3 Å². The number of hydrogen-bond donors (Lipinski definition) is 0. The number of rotatable bonds is 10. The standard InChI is InChI=1S/C43H39N3O5S/c1-5-50-41(48)32-18-16-28(17-19-32)25-45-26-33(34-14-10-11-15-35(34)45)24-36-40(47)46-39(31-22-20-29(21-23-31)27(3)4)37(42(49)51-6-2)38(44-43(46)52-36)30-12-8-7-9-13-30/h7-24,26-27,39H,5-6,25H2,1-4H3/b36-24-/t39-/m1/s1. The maximum Gasteiger partial charge on any atom is 0.338 e. The van der Waals surface area contributed by atoms with E-state index in [0.29, 0.717) is 45.2 Å². The highest BCUT2D eigenvalue weighted by atomic mass is 32.1. The monoisotopic (exact) mass is 709 g/mol. The summed E-state index contributed by atoms with van der Waals surface area (Å²) >= 11 is 1.31. The first-order chi connectivity index (χ1) is 25.3. The van der Waals surface area contributed by atoms with Gasteiger partial charge in [-0.1, -0.05) is 110 Å². The van der Waals surface area contributed by atoms with E-state index in [2.05, 4.69) is 36.6 Å². The van der Waals surface area contributed by atoms with Crippen LogP contribution >= 0.6 is 11.3 Å². The molecular weight excluding hydrogens is 671 g/mol. The zero-order valence-corrected chi connectivity index (χ0v) is 30.4. The second kappa shape index (κ2) is 14.8. The third-order valence-electron chi connectivity index (χ3n) is 9.22. The van der Waals surface area contributed by atoms with Crippen LogP contribution in [0.1, 0.15) is 77.8 Å². The average Bonchev–Trinajstić information content (AvgIpc) is 3.67. The molecule has 4 aromatic carbocycles. The molecule has 6 aromatic rings. The number of esters is 2. The minimum absolute atomic E-state index is 0.188. The molecule has 8 nitrogen and oxygen atoms in total. The molecule has 0 radical (unpaired) electrons. The normalized spacial score (nSPS) is 14.4. The highest BCUT2D eigenvalue weighted by Crippen LogP contribution is 2.35. The fraction of sp³-hybridized carbons (Fsp3) is 0.209. The molecule has 0 aliphatic carbocycles. The number of thiazole rings is 1. The summed E-state index contributed by atoms with van der Waals surface area (Å²) < 4.78 is 15.1. The van der Waals surface area contributed by atoms with Crippen LogP contribution in [0.4, 0.5) is 0 Å². The van der Waals surface area contributed by atoms with E-state index in [0.717, 1.165) is 38.7 Å². The van der Waals surface area contributed by atoms with Gasteiger partial charge in [-0.25, -0.2) is 14.6 Å². The minimum atomic E-state index is -0.743. The Bertz CT molecular complexity index is 2490. The van der Waals surface area contributed by atoms with Gasteiger partial charge in [0.25, 0.3) is 5.56 Å². The van der Waals surface area contributed by atoms with Gasteiger partial charge in [0.1, 0.15) is 0 Å². The van der Waals surface area contributed by atoms with Crippen molar-refractivity contribution in [1.29, 1.82) is 0 Å². The van der Waals surface area contributed by atoms with Gasteiger partial charge in [-0.2, -0.15) is 0 Å². The number of benzene rings is 4. The van der Waals surface area contributed by atoms with Crippen LogP contribution < -0.4 is 14.9 Å². The SMILES string of the molecule is CCOC(=O)C1=C(c2ccccc2)N=c2s/c(=C\c3cn(Cc4ccc(C(=O)OCC)cc4)c4ccccc34)c(=O)n2[C@@H]1c1ccc(C(C)C)cc1. The molecule has 1 aliphatic rings. The van der Waals surface area contributed by atoms with Crippen LogP contribution in [0, 0.1) is 0 Å². The van der Waals surface area contributed by atoms with Crippen LogP contribution in [-0.2, 0) is 20.8 Å². The van der Waals surface area contributed by atoms with Gasteiger partial charge < -0.3 is 14.0 Å². The van der Waals surface area contributed by atoms with E-state index in [-0.39, 0.29) is 18.1 Å². The Kier molecular flexibility index (Phi) is 9.87. The predicted octanol–water partition coefficient (Wildman–Crippen LogP) is 7.24. The molecule has 3 heterocycles. The molecule has 0 unspecified atom stereocenters. The highest BCUT2D eigenvalue weighted by Gasteiger charge is 2.35. The van der Waals surface area contributed by atoms with Crippen LogP contribution in [0.3, 0.4) is 0 Å². The van der Waals surface area contributed by atoms with Gasteiger partial charge in [0.15, 0.2) is 4.80 Å². The molecule has 0 bridgehead atoms. The van der Waals surface area contributed by atoms with Gasteiger partial charge in [0.2, 0.25) is 0 Å². The lowest BCUT2D eigenvalue weighted by molar-refractivity contribution is -0.138. The molecule has 1 aliphatic heterocycles. The summed E-state index contributed by atoms with van der Waals surface area (Å²) in [5.41, 5.74) is 6.74. The van der Waals surface area contributed by atoms with Crippen molar-refractivity contribution in [1.82, 2.24) is 9.13 Å². The second-order valence-corrected chi connectivity index (χ2v) is 13.9. The summed E-state index contributed by atoms with van der Waals surface area (Å²) in [6, 6.07) is 32.4. The number of carbonyl (C=O) groups excluding carboxylic acids is 2. The Labute approximate surface area is 305 Å². The van der Waals surface area contributed by atoms with Gasteiger partial charge in [0, 0.05) is 34.8 Å². The van der Waals surface area contributed by atoms with Gasteiger partial charge in [-0.05, 0) is 60.7 Å². The molecule has 52 heavy (non-hydrogen) atoms. The number of fused-ring (bicyclic) bond motifs is 2. The lowest BCUT2D eigenvalue weighted by Crippen LogP contribution is -2.40. The van der Waals surface area contributed by atoms with E-state index in [4.69, 9.17) is 14.5 Å². The Balaban J connectivity index is 1.38. The van der Waals surface area contributed by atoms with Gasteiger partial charge >= 0.3 is 11.9 Å². The molecule has 0 saturated carbocycles. The molecule has 0 spiro atoms. The number of hydrogen-bond acceptors (Lipinski definition) is 7. The molecule has 0 fully saturated rings. The van der Waals surface area contributed by atoms with Crippen molar-refractivity contribution in [2.24, 2.45) is 4.99 Å². The van der Waals surface area contributed by atoms with E-state index in [1.807, 2.05) is 85.1 Å². The Morgan fingerprint density at radius 3 is 2.21 bits per heavy atom. The summed E-state index contributed by atoms with van der Waals surface area (Å²) in [6.07, 6.45) is 3.96. The molecule has 0 N–H and O–H groups in total. The number of ether oxygens (including phenoxy) is 2. The van der Waals surface area contributed by atoms with Crippen LogP contribution in [0.2, 0.25) is 0 Å². The zero-order chi connectivity index (χ0) is 36.4. The molecule has 0 amide bonds. The zero-order valence-electron chi connectivity index (χ0n) is 29.5. The summed E-state index contributed by atoms with van der Waals surface area (Å²) in [6.45, 7) is 8.90. The van der Waals surface area contributed by atoms with Crippen molar-refractivity contribution >= 4 is 46.0 Å². The average molecular weight is 710 g/mol. The van der Waals surface area contributed by atoms with Crippen molar-refractivity contribution in [3.05, 3.63) is 168 Å². The molecule has 0 saturated heterocycles. The predicted molar refractivity (Wildman–Crippen MR) is 205 cm³/mol.